The Hall–Kier alpha value is -2.24. The van der Waals surface area contributed by atoms with E-state index in [2.05, 4.69) is 15.2 Å². The highest BCUT2D eigenvalue weighted by Crippen LogP contribution is 2.26. The highest BCUT2D eigenvalue weighted by Gasteiger charge is 2.19. The van der Waals surface area contributed by atoms with E-state index in [1.54, 1.807) is 0 Å². The number of benzene rings is 1. The van der Waals surface area contributed by atoms with Gasteiger partial charge in [0, 0.05) is 10.7 Å². The fourth-order valence-corrected chi connectivity index (χ4v) is 2.00. The second kappa shape index (κ2) is 3.97. The van der Waals surface area contributed by atoms with E-state index in [-0.39, 0.29) is 0 Å². The van der Waals surface area contributed by atoms with E-state index in [1.807, 2.05) is 32.9 Å². The molecule has 0 fully saturated rings. The molecule has 1 N–H and O–H groups in total. The molecule has 0 amide bonds. The van der Waals surface area contributed by atoms with E-state index in [1.165, 1.54) is 0 Å². The van der Waals surface area contributed by atoms with E-state index in [0.29, 0.717) is 5.82 Å². The van der Waals surface area contributed by atoms with Crippen LogP contribution in [0.15, 0.2) is 12.1 Å². The molecule has 0 saturated carbocycles. The van der Waals surface area contributed by atoms with Crippen molar-refractivity contribution in [2.24, 2.45) is 0 Å². The maximum Gasteiger partial charge on any atom is 0.491 e. The van der Waals surface area contributed by atoms with Crippen LogP contribution in [0.5, 0.6) is 0 Å². The van der Waals surface area contributed by atoms with Gasteiger partial charge in [-0.1, -0.05) is 17.7 Å². The second-order valence-corrected chi connectivity index (χ2v) is 4.01. The first-order chi connectivity index (χ1) is 7.99. The van der Waals surface area contributed by atoms with Crippen molar-refractivity contribution < 1.29 is 4.92 Å². The number of nitrogens with zero attached hydrogens (tertiary/aromatic N) is 3. The number of hydrogen-bond acceptors (Lipinski definition) is 4. The van der Waals surface area contributed by atoms with Crippen LogP contribution in [0, 0.1) is 30.9 Å². The molecule has 6 nitrogen and oxygen atoms in total. The lowest BCUT2D eigenvalue weighted by Gasteiger charge is -2.05. The van der Waals surface area contributed by atoms with Gasteiger partial charge in [-0.25, -0.2) is 0 Å². The van der Waals surface area contributed by atoms with Crippen molar-refractivity contribution in [3.05, 3.63) is 38.9 Å². The number of nitrogens with one attached hydrogen (secondary N) is 1. The van der Waals surface area contributed by atoms with E-state index >= 15 is 0 Å². The molecule has 6 heteroatoms. The molecule has 0 spiro atoms. The Bertz CT molecular complexity index is 566. The van der Waals surface area contributed by atoms with Gasteiger partial charge in [-0.2, -0.15) is 5.10 Å². The van der Waals surface area contributed by atoms with E-state index in [0.717, 1.165) is 22.3 Å². The van der Waals surface area contributed by atoms with E-state index < -0.39 is 10.9 Å². The summed E-state index contributed by atoms with van der Waals surface area (Å²) in [5.74, 6) is 0.0334. The molecule has 2 aromatic rings. The minimum absolute atomic E-state index is 0.403. The average molecular weight is 232 g/mol. The molecule has 1 aromatic heterocycles. The van der Waals surface area contributed by atoms with Crippen molar-refractivity contribution in [3.8, 4) is 11.4 Å². The third kappa shape index (κ3) is 2.01. The SMILES string of the molecule is Cc1cc(C)c(-c2nc([N+](=O)[O-])n[nH]2)c(C)c1. The van der Waals surface area contributed by atoms with Gasteiger partial charge in [-0.15, -0.1) is 0 Å². The summed E-state index contributed by atoms with van der Waals surface area (Å²) in [5.41, 5.74) is 4.07. The molecule has 2 rings (SSSR count). The lowest BCUT2D eigenvalue weighted by atomic mass is 9.99. The first kappa shape index (κ1) is 11.3. The predicted molar refractivity (Wildman–Crippen MR) is 62.7 cm³/mol. The van der Waals surface area contributed by atoms with E-state index in [4.69, 9.17) is 0 Å². The van der Waals surface area contributed by atoms with Crippen LogP contribution >= 0.6 is 0 Å². The summed E-state index contributed by atoms with van der Waals surface area (Å²) in [5, 5.41) is 16.7. The van der Waals surface area contributed by atoms with Crippen molar-refractivity contribution in [1.29, 1.82) is 0 Å². The predicted octanol–water partition coefficient (Wildman–Crippen LogP) is 2.31. The zero-order chi connectivity index (χ0) is 12.6. The number of H-pyrrole nitrogens is 1. The summed E-state index contributed by atoms with van der Waals surface area (Å²) >= 11 is 0. The quantitative estimate of drug-likeness (QED) is 0.636. The van der Waals surface area contributed by atoms with Crippen molar-refractivity contribution in [3.63, 3.8) is 0 Å². The molecule has 1 aromatic carbocycles. The summed E-state index contributed by atoms with van der Waals surface area (Å²) in [6, 6.07) is 4.02. The third-order valence-corrected chi connectivity index (χ3v) is 2.55. The molecular formula is C11H12N4O2. The third-order valence-electron chi connectivity index (χ3n) is 2.55. The maximum absolute atomic E-state index is 10.5. The first-order valence-corrected chi connectivity index (χ1v) is 5.14. The van der Waals surface area contributed by atoms with Crippen LogP contribution in [0.4, 0.5) is 5.95 Å². The highest BCUT2D eigenvalue weighted by molar-refractivity contribution is 5.65. The van der Waals surface area contributed by atoms with Gasteiger partial charge in [0.1, 0.15) is 0 Å². The number of aromatic amines is 1. The van der Waals surface area contributed by atoms with Crippen LogP contribution < -0.4 is 0 Å². The topological polar surface area (TPSA) is 84.7 Å². The van der Waals surface area contributed by atoms with Crippen LogP contribution in [0.3, 0.4) is 0 Å². The lowest BCUT2D eigenvalue weighted by Crippen LogP contribution is -1.92. The van der Waals surface area contributed by atoms with Gasteiger partial charge in [0.25, 0.3) is 0 Å². The minimum Gasteiger partial charge on any atom is -0.390 e. The molecule has 0 aliphatic heterocycles. The van der Waals surface area contributed by atoms with Crippen molar-refractivity contribution >= 4 is 5.95 Å². The zero-order valence-corrected chi connectivity index (χ0v) is 9.81. The van der Waals surface area contributed by atoms with E-state index in [9.17, 15) is 10.1 Å². The molecule has 0 radical (unpaired) electrons. The number of aryl methyl sites for hydroxylation is 3. The van der Waals surface area contributed by atoms with Gasteiger partial charge in [-0.3, -0.25) is 0 Å². The minimum atomic E-state index is -0.612. The van der Waals surface area contributed by atoms with Crippen LogP contribution in [0.25, 0.3) is 11.4 Å². The Labute approximate surface area is 97.9 Å². The Morgan fingerprint density at radius 3 is 2.29 bits per heavy atom. The smallest absolute Gasteiger partial charge is 0.390 e. The van der Waals surface area contributed by atoms with Crippen molar-refractivity contribution in [2.45, 2.75) is 20.8 Å². The Balaban J connectivity index is 2.56. The zero-order valence-electron chi connectivity index (χ0n) is 9.81. The summed E-state index contributed by atoms with van der Waals surface area (Å²) < 4.78 is 0. The molecule has 1 heterocycles. The highest BCUT2D eigenvalue weighted by atomic mass is 16.6. The molecule has 0 aliphatic carbocycles. The number of aromatic nitrogens is 3. The summed E-state index contributed by atoms with van der Waals surface area (Å²) in [4.78, 5) is 13.8. The van der Waals surface area contributed by atoms with Crippen LogP contribution in [0.1, 0.15) is 16.7 Å². The number of nitro groups is 1. The number of rotatable bonds is 2. The molecule has 0 bridgehead atoms. The fraction of sp³-hybridized carbons (Fsp3) is 0.273. The van der Waals surface area contributed by atoms with Gasteiger partial charge in [0.15, 0.2) is 0 Å². The standard InChI is InChI=1S/C11H12N4O2/c1-6-4-7(2)9(8(3)5-6)10-12-11(14-13-10)15(16)17/h4-5H,1-3H3,(H,12,13,14). The van der Waals surface area contributed by atoms with Gasteiger partial charge >= 0.3 is 5.95 Å². The monoisotopic (exact) mass is 232 g/mol. The first-order valence-electron chi connectivity index (χ1n) is 5.14. The average Bonchev–Trinajstić information content (AvgIpc) is 2.65. The fourth-order valence-electron chi connectivity index (χ4n) is 2.00. The van der Waals surface area contributed by atoms with Gasteiger partial charge in [-0.05, 0) is 41.8 Å². The Kier molecular flexibility index (Phi) is 2.63. The molecule has 17 heavy (non-hydrogen) atoms. The molecule has 0 unspecified atom stereocenters. The largest absolute Gasteiger partial charge is 0.491 e. The summed E-state index contributed by atoms with van der Waals surface area (Å²) in [6.45, 7) is 5.90. The summed E-state index contributed by atoms with van der Waals surface area (Å²) in [7, 11) is 0. The normalized spacial score (nSPS) is 10.5. The molecule has 0 saturated heterocycles. The number of hydrogen-bond donors (Lipinski definition) is 1. The summed E-state index contributed by atoms with van der Waals surface area (Å²) in [6.07, 6.45) is 0. The van der Waals surface area contributed by atoms with Crippen LogP contribution in [-0.2, 0) is 0 Å². The lowest BCUT2D eigenvalue weighted by molar-refractivity contribution is -0.394. The maximum atomic E-state index is 10.5. The molecule has 0 atom stereocenters. The van der Waals surface area contributed by atoms with Crippen molar-refractivity contribution in [1.82, 2.24) is 15.2 Å². The second-order valence-electron chi connectivity index (χ2n) is 4.01. The molecule has 0 aliphatic rings. The molecule has 88 valence electrons. The van der Waals surface area contributed by atoms with Gasteiger partial charge in [0.2, 0.25) is 5.82 Å². The molecular weight excluding hydrogens is 220 g/mol. The van der Waals surface area contributed by atoms with Crippen LogP contribution in [-0.4, -0.2) is 20.1 Å². The van der Waals surface area contributed by atoms with Gasteiger partial charge in [0.05, 0.1) is 0 Å². The van der Waals surface area contributed by atoms with Gasteiger partial charge < -0.3 is 10.1 Å². The Morgan fingerprint density at radius 1 is 1.24 bits per heavy atom. The van der Waals surface area contributed by atoms with Crippen LogP contribution in [0.2, 0.25) is 0 Å². The Morgan fingerprint density at radius 2 is 1.82 bits per heavy atom. The van der Waals surface area contributed by atoms with Crippen molar-refractivity contribution in [2.75, 3.05) is 0 Å².